The summed E-state index contributed by atoms with van der Waals surface area (Å²) in [4.78, 5) is 0. The van der Waals surface area contributed by atoms with Crippen molar-refractivity contribution < 1.29 is 4.74 Å². The first-order valence-corrected chi connectivity index (χ1v) is 5.97. The number of methoxy groups -OCH3 is 1. The van der Waals surface area contributed by atoms with Crippen molar-refractivity contribution in [3.63, 3.8) is 0 Å². The lowest BCUT2D eigenvalue weighted by atomic mass is 9.83. The minimum Gasteiger partial charge on any atom is -0.496 e. The number of fused-ring (bicyclic) bond motifs is 1. The topological polar surface area (TPSA) is 9.23 Å². The zero-order chi connectivity index (χ0) is 11.0. The van der Waals surface area contributed by atoms with Gasteiger partial charge in [-0.05, 0) is 36.5 Å². The SMILES string of the molecule is COc1ccc(Cl)c2c1C(C)CCC2Cl. The maximum absolute atomic E-state index is 6.31. The molecule has 1 nitrogen and oxygen atoms in total. The third kappa shape index (κ3) is 1.83. The Morgan fingerprint density at radius 2 is 2.00 bits per heavy atom. The first kappa shape index (κ1) is 11.1. The summed E-state index contributed by atoms with van der Waals surface area (Å²) in [5, 5.41) is 0.788. The van der Waals surface area contributed by atoms with E-state index in [4.69, 9.17) is 27.9 Å². The smallest absolute Gasteiger partial charge is 0.122 e. The minimum atomic E-state index is 0.0267. The molecule has 0 saturated heterocycles. The second-order valence-corrected chi connectivity index (χ2v) is 4.96. The van der Waals surface area contributed by atoms with Gasteiger partial charge in [-0.15, -0.1) is 11.6 Å². The summed E-state index contributed by atoms with van der Waals surface area (Å²) in [5.41, 5.74) is 2.26. The molecule has 0 heterocycles. The molecule has 0 spiro atoms. The number of hydrogen-bond acceptors (Lipinski definition) is 1. The Hall–Kier alpha value is -0.400. The Morgan fingerprint density at radius 3 is 2.67 bits per heavy atom. The van der Waals surface area contributed by atoms with Gasteiger partial charge in [0.1, 0.15) is 5.75 Å². The molecule has 0 bridgehead atoms. The van der Waals surface area contributed by atoms with E-state index in [9.17, 15) is 0 Å². The largest absolute Gasteiger partial charge is 0.496 e. The van der Waals surface area contributed by atoms with Crippen LogP contribution in [0.1, 0.15) is 42.2 Å². The van der Waals surface area contributed by atoms with Crippen molar-refractivity contribution in [2.24, 2.45) is 0 Å². The van der Waals surface area contributed by atoms with Crippen LogP contribution in [0.25, 0.3) is 0 Å². The molecule has 1 aromatic rings. The van der Waals surface area contributed by atoms with Gasteiger partial charge in [0.2, 0.25) is 0 Å². The summed E-state index contributed by atoms with van der Waals surface area (Å²) in [7, 11) is 1.69. The Kier molecular flexibility index (Phi) is 3.13. The number of benzene rings is 1. The van der Waals surface area contributed by atoms with Crippen LogP contribution in [0.15, 0.2) is 12.1 Å². The van der Waals surface area contributed by atoms with Gasteiger partial charge < -0.3 is 4.74 Å². The van der Waals surface area contributed by atoms with E-state index in [1.807, 2.05) is 12.1 Å². The molecule has 1 aliphatic carbocycles. The number of halogens is 2. The second-order valence-electron chi connectivity index (χ2n) is 4.02. The summed E-state index contributed by atoms with van der Waals surface area (Å²) in [5.74, 6) is 1.39. The molecule has 2 unspecified atom stereocenters. The van der Waals surface area contributed by atoms with Crippen LogP contribution in [0.4, 0.5) is 0 Å². The third-order valence-electron chi connectivity index (χ3n) is 3.07. The molecule has 82 valence electrons. The van der Waals surface area contributed by atoms with Crippen molar-refractivity contribution in [2.75, 3.05) is 7.11 Å². The van der Waals surface area contributed by atoms with Crippen LogP contribution in [-0.2, 0) is 0 Å². The zero-order valence-corrected chi connectivity index (χ0v) is 10.4. The van der Waals surface area contributed by atoms with E-state index < -0.39 is 0 Å². The maximum atomic E-state index is 6.31. The van der Waals surface area contributed by atoms with Gasteiger partial charge in [-0.1, -0.05) is 18.5 Å². The van der Waals surface area contributed by atoms with Crippen molar-refractivity contribution in [2.45, 2.75) is 31.1 Å². The lowest BCUT2D eigenvalue weighted by Crippen LogP contribution is -2.11. The summed E-state index contributed by atoms with van der Waals surface area (Å²) in [6, 6.07) is 3.79. The van der Waals surface area contributed by atoms with E-state index in [-0.39, 0.29) is 5.38 Å². The fraction of sp³-hybridized carbons (Fsp3) is 0.500. The molecule has 0 aliphatic heterocycles. The van der Waals surface area contributed by atoms with Gasteiger partial charge in [-0.25, -0.2) is 0 Å². The predicted molar refractivity (Wildman–Crippen MR) is 64.2 cm³/mol. The first-order chi connectivity index (χ1) is 7.15. The van der Waals surface area contributed by atoms with E-state index in [0.29, 0.717) is 5.92 Å². The molecule has 0 fully saturated rings. The van der Waals surface area contributed by atoms with E-state index in [1.165, 1.54) is 5.56 Å². The predicted octanol–water partition coefficient (Wildman–Crippen LogP) is 4.53. The number of ether oxygens (including phenoxy) is 1. The second kappa shape index (κ2) is 4.23. The van der Waals surface area contributed by atoms with Crippen molar-refractivity contribution in [3.05, 3.63) is 28.3 Å². The Bertz CT molecular complexity index is 376. The third-order valence-corrected chi connectivity index (χ3v) is 3.84. The summed E-state index contributed by atoms with van der Waals surface area (Å²) < 4.78 is 5.37. The highest BCUT2D eigenvalue weighted by molar-refractivity contribution is 6.33. The van der Waals surface area contributed by atoms with Gasteiger partial charge in [-0.3, -0.25) is 0 Å². The fourth-order valence-corrected chi connectivity index (χ4v) is 2.99. The normalized spacial score (nSPS) is 24.8. The molecule has 1 aromatic carbocycles. The van der Waals surface area contributed by atoms with Crippen molar-refractivity contribution >= 4 is 23.2 Å². The van der Waals surface area contributed by atoms with Gasteiger partial charge in [0.15, 0.2) is 0 Å². The molecule has 1 aliphatic rings. The molecule has 2 atom stereocenters. The van der Waals surface area contributed by atoms with Gasteiger partial charge in [0.05, 0.1) is 12.5 Å². The molecule has 3 heteroatoms. The molecule has 0 N–H and O–H groups in total. The van der Waals surface area contributed by atoms with Crippen LogP contribution < -0.4 is 4.74 Å². The highest BCUT2D eigenvalue weighted by Gasteiger charge is 2.28. The van der Waals surface area contributed by atoms with Crippen molar-refractivity contribution in [1.29, 1.82) is 0 Å². The molecule has 0 aromatic heterocycles. The van der Waals surface area contributed by atoms with Crippen LogP contribution in [0.2, 0.25) is 5.02 Å². The van der Waals surface area contributed by atoms with E-state index in [0.717, 1.165) is 29.2 Å². The first-order valence-electron chi connectivity index (χ1n) is 5.15. The summed E-state index contributed by atoms with van der Waals surface area (Å²) >= 11 is 12.5. The van der Waals surface area contributed by atoms with Gasteiger partial charge in [0, 0.05) is 10.6 Å². The van der Waals surface area contributed by atoms with Crippen LogP contribution in [0.5, 0.6) is 5.75 Å². The fourth-order valence-electron chi connectivity index (χ4n) is 2.28. The molecule has 0 saturated carbocycles. The standard InChI is InChI=1S/C12H14Cl2O/c1-7-3-4-8(13)12-9(14)5-6-10(15-2)11(7)12/h5-8H,3-4H2,1-2H3. The molecule has 0 amide bonds. The Morgan fingerprint density at radius 1 is 1.27 bits per heavy atom. The molecule has 0 radical (unpaired) electrons. The quantitative estimate of drug-likeness (QED) is 0.660. The Balaban J connectivity index is 2.63. The minimum absolute atomic E-state index is 0.0267. The molecule has 2 rings (SSSR count). The summed E-state index contributed by atoms with van der Waals surface area (Å²) in [6.45, 7) is 2.19. The van der Waals surface area contributed by atoms with Crippen molar-refractivity contribution in [3.8, 4) is 5.75 Å². The number of hydrogen-bond donors (Lipinski definition) is 0. The lowest BCUT2D eigenvalue weighted by Gasteiger charge is -2.28. The highest BCUT2D eigenvalue weighted by atomic mass is 35.5. The summed E-state index contributed by atoms with van der Waals surface area (Å²) in [6.07, 6.45) is 2.08. The lowest BCUT2D eigenvalue weighted by molar-refractivity contribution is 0.400. The van der Waals surface area contributed by atoms with Gasteiger partial charge in [0.25, 0.3) is 0 Å². The van der Waals surface area contributed by atoms with Gasteiger partial charge in [-0.2, -0.15) is 0 Å². The molecular weight excluding hydrogens is 231 g/mol. The monoisotopic (exact) mass is 244 g/mol. The van der Waals surface area contributed by atoms with E-state index in [1.54, 1.807) is 7.11 Å². The van der Waals surface area contributed by atoms with E-state index >= 15 is 0 Å². The average molecular weight is 245 g/mol. The molecule has 15 heavy (non-hydrogen) atoms. The molecular formula is C12H14Cl2O. The van der Waals surface area contributed by atoms with E-state index in [2.05, 4.69) is 6.92 Å². The highest BCUT2D eigenvalue weighted by Crippen LogP contribution is 2.47. The number of alkyl halides is 1. The van der Waals surface area contributed by atoms with Crippen LogP contribution >= 0.6 is 23.2 Å². The zero-order valence-electron chi connectivity index (χ0n) is 8.89. The van der Waals surface area contributed by atoms with Crippen LogP contribution in [-0.4, -0.2) is 7.11 Å². The van der Waals surface area contributed by atoms with Crippen LogP contribution in [0, 0.1) is 0 Å². The number of rotatable bonds is 1. The van der Waals surface area contributed by atoms with Crippen molar-refractivity contribution in [1.82, 2.24) is 0 Å². The van der Waals surface area contributed by atoms with Gasteiger partial charge >= 0.3 is 0 Å². The Labute approximate surface area is 100 Å². The average Bonchev–Trinajstić information content (AvgIpc) is 2.23. The van der Waals surface area contributed by atoms with Crippen LogP contribution in [0.3, 0.4) is 0 Å². The maximum Gasteiger partial charge on any atom is 0.122 e.